The summed E-state index contributed by atoms with van der Waals surface area (Å²) in [6.07, 6.45) is -3.65. The molecule has 9 N–H and O–H groups in total. The quantitative estimate of drug-likeness (QED) is 0.188. The van der Waals surface area contributed by atoms with Crippen LogP contribution < -0.4 is 16.8 Å². The number of carboxylic acids is 1. The Labute approximate surface area is 131 Å². The first-order valence-corrected chi connectivity index (χ1v) is 6.62. The zero-order valence-corrected chi connectivity index (χ0v) is 12.3. The number of ether oxygens (including phenoxy) is 1. The van der Waals surface area contributed by atoms with E-state index in [4.69, 9.17) is 26.4 Å². The standard InChI is InChI=1S/C12H20N4O7/c1-4(18)15-8-5(16-12(13)14)2-7(11(21)22)23-10(8)9(20)6(19)3-17/h2,5-6,8-10,17,19-20H,3H2,1H3,(H,15,18)(H,21,22)(H4,13,14,16)/t5-,6-,8+,9?,10+/m1/s1. The maximum atomic E-state index is 11.4. The molecule has 0 spiro atoms. The van der Waals surface area contributed by atoms with E-state index in [9.17, 15) is 19.8 Å². The molecule has 0 radical (unpaired) electrons. The number of aliphatic hydroxyl groups is 3. The fraction of sp³-hybridized carbons (Fsp3) is 0.583. The van der Waals surface area contributed by atoms with Crippen LogP contribution in [0.4, 0.5) is 0 Å². The molecule has 0 saturated carbocycles. The lowest BCUT2D eigenvalue weighted by Crippen LogP contribution is -2.59. The highest BCUT2D eigenvalue weighted by Crippen LogP contribution is 2.24. The molecule has 5 atom stereocenters. The van der Waals surface area contributed by atoms with E-state index in [2.05, 4.69) is 10.3 Å². The van der Waals surface area contributed by atoms with Gasteiger partial charge in [-0.1, -0.05) is 0 Å². The van der Waals surface area contributed by atoms with Gasteiger partial charge in [-0.05, 0) is 6.08 Å². The largest absolute Gasteiger partial charge is 0.478 e. The van der Waals surface area contributed by atoms with Crippen molar-refractivity contribution in [2.45, 2.75) is 37.3 Å². The molecule has 0 aliphatic carbocycles. The van der Waals surface area contributed by atoms with Crippen LogP contribution in [0.2, 0.25) is 0 Å². The third-order valence-corrected chi connectivity index (χ3v) is 3.10. The van der Waals surface area contributed by atoms with Gasteiger partial charge in [-0.15, -0.1) is 0 Å². The number of aliphatic imine (C=N–C) groups is 1. The number of carbonyl (C=O) groups is 2. The van der Waals surface area contributed by atoms with Gasteiger partial charge in [0.15, 0.2) is 5.96 Å². The summed E-state index contributed by atoms with van der Waals surface area (Å²) in [6, 6.07) is -2.11. The highest BCUT2D eigenvalue weighted by Gasteiger charge is 2.43. The van der Waals surface area contributed by atoms with Crippen molar-refractivity contribution in [1.82, 2.24) is 5.32 Å². The minimum absolute atomic E-state index is 0.371. The first kappa shape index (κ1) is 18.7. The lowest BCUT2D eigenvalue weighted by Gasteiger charge is -2.38. The molecule has 0 aromatic rings. The van der Waals surface area contributed by atoms with Gasteiger partial charge in [0.2, 0.25) is 11.7 Å². The molecule has 0 aromatic heterocycles. The van der Waals surface area contributed by atoms with Gasteiger partial charge < -0.3 is 41.9 Å². The second-order valence-electron chi connectivity index (χ2n) is 4.93. The van der Waals surface area contributed by atoms with Gasteiger partial charge in [-0.3, -0.25) is 4.79 Å². The molecule has 1 rings (SSSR count). The predicted molar refractivity (Wildman–Crippen MR) is 76.9 cm³/mol. The van der Waals surface area contributed by atoms with Gasteiger partial charge >= 0.3 is 5.97 Å². The Hall–Kier alpha value is -2.37. The van der Waals surface area contributed by atoms with E-state index >= 15 is 0 Å². The highest BCUT2D eigenvalue weighted by atomic mass is 16.5. The second kappa shape index (κ2) is 7.76. The van der Waals surface area contributed by atoms with Crippen LogP contribution in [0.15, 0.2) is 16.8 Å². The smallest absolute Gasteiger partial charge is 0.370 e. The van der Waals surface area contributed by atoms with E-state index < -0.39 is 54.6 Å². The number of rotatable bonds is 6. The molecule has 11 nitrogen and oxygen atoms in total. The molecule has 1 aliphatic rings. The van der Waals surface area contributed by atoms with Gasteiger partial charge in [0.25, 0.3) is 0 Å². The number of carboxylic acid groups (broad SMARTS) is 1. The Kier molecular flexibility index (Phi) is 6.30. The second-order valence-corrected chi connectivity index (χ2v) is 4.93. The van der Waals surface area contributed by atoms with Crippen LogP contribution in [0.3, 0.4) is 0 Å². The molecule has 1 heterocycles. The van der Waals surface area contributed by atoms with Crippen molar-refractivity contribution in [2.75, 3.05) is 6.61 Å². The molecule has 0 bridgehead atoms. The summed E-state index contributed by atoms with van der Waals surface area (Å²) in [7, 11) is 0. The number of hydrogen-bond donors (Lipinski definition) is 7. The van der Waals surface area contributed by atoms with Crippen molar-refractivity contribution in [3.05, 3.63) is 11.8 Å². The summed E-state index contributed by atoms with van der Waals surface area (Å²) in [5.41, 5.74) is 10.6. The van der Waals surface area contributed by atoms with Crippen LogP contribution in [0.25, 0.3) is 0 Å². The molecule has 1 unspecified atom stereocenters. The van der Waals surface area contributed by atoms with Crippen molar-refractivity contribution < 1.29 is 34.8 Å². The van der Waals surface area contributed by atoms with Gasteiger partial charge in [0.1, 0.15) is 18.3 Å². The number of hydrogen-bond acceptors (Lipinski definition) is 7. The lowest BCUT2D eigenvalue weighted by molar-refractivity contribution is -0.145. The summed E-state index contributed by atoms with van der Waals surface area (Å²) < 4.78 is 5.13. The van der Waals surface area contributed by atoms with Crippen LogP contribution in [0.5, 0.6) is 0 Å². The molecule has 11 heteroatoms. The molecule has 0 saturated heterocycles. The SMILES string of the molecule is CC(=O)N[C@@H]1[C@@H](C(O)[C@H](O)CO)OC(C(=O)O)=C[C@H]1N=C(N)N. The van der Waals surface area contributed by atoms with E-state index in [1.54, 1.807) is 0 Å². The molecule has 23 heavy (non-hydrogen) atoms. The van der Waals surface area contributed by atoms with Crippen molar-refractivity contribution in [3.8, 4) is 0 Å². The Morgan fingerprint density at radius 1 is 1.43 bits per heavy atom. The average molecular weight is 332 g/mol. The third-order valence-electron chi connectivity index (χ3n) is 3.10. The molecular weight excluding hydrogens is 312 g/mol. The molecule has 0 aromatic carbocycles. The van der Waals surface area contributed by atoms with E-state index in [-0.39, 0.29) is 5.96 Å². The maximum absolute atomic E-state index is 11.4. The first-order chi connectivity index (χ1) is 10.7. The Bertz CT molecular complexity index is 518. The highest BCUT2D eigenvalue weighted by molar-refractivity contribution is 5.85. The van der Waals surface area contributed by atoms with Crippen LogP contribution in [-0.2, 0) is 14.3 Å². The van der Waals surface area contributed by atoms with Crippen LogP contribution in [0, 0.1) is 0 Å². The fourth-order valence-corrected chi connectivity index (χ4v) is 2.14. The molecule has 130 valence electrons. The van der Waals surface area contributed by atoms with Crippen molar-refractivity contribution >= 4 is 17.8 Å². The van der Waals surface area contributed by atoms with Crippen molar-refractivity contribution in [1.29, 1.82) is 0 Å². The Morgan fingerprint density at radius 3 is 2.48 bits per heavy atom. The number of aliphatic carboxylic acids is 1. The van der Waals surface area contributed by atoms with Gasteiger partial charge in [-0.2, -0.15) is 0 Å². The van der Waals surface area contributed by atoms with Crippen molar-refractivity contribution in [2.24, 2.45) is 16.5 Å². The van der Waals surface area contributed by atoms with E-state index in [1.807, 2.05) is 0 Å². The minimum atomic E-state index is -1.70. The summed E-state index contributed by atoms with van der Waals surface area (Å²) in [5, 5.41) is 40.1. The predicted octanol–water partition coefficient (Wildman–Crippen LogP) is -3.79. The summed E-state index contributed by atoms with van der Waals surface area (Å²) >= 11 is 0. The van der Waals surface area contributed by atoms with Crippen LogP contribution >= 0.6 is 0 Å². The molecule has 1 amide bonds. The lowest BCUT2D eigenvalue weighted by atomic mass is 9.92. The topological polar surface area (TPSA) is 201 Å². The van der Waals surface area contributed by atoms with Crippen LogP contribution in [-0.4, -0.2) is 75.3 Å². The minimum Gasteiger partial charge on any atom is -0.478 e. The van der Waals surface area contributed by atoms with Crippen LogP contribution in [0.1, 0.15) is 6.92 Å². The molecular formula is C12H20N4O7. The van der Waals surface area contributed by atoms with E-state index in [0.717, 1.165) is 6.08 Å². The summed E-state index contributed by atoms with van der Waals surface area (Å²) in [6.45, 7) is 0.391. The Morgan fingerprint density at radius 2 is 2.04 bits per heavy atom. The van der Waals surface area contributed by atoms with Gasteiger partial charge in [0.05, 0.1) is 18.7 Å². The van der Waals surface area contributed by atoms with Gasteiger partial charge in [-0.25, -0.2) is 9.79 Å². The first-order valence-electron chi connectivity index (χ1n) is 6.62. The third kappa shape index (κ3) is 4.81. The number of nitrogens with zero attached hydrogens (tertiary/aromatic N) is 1. The summed E-state index contributed by atoms with van der Waals surface area (Å²) in [5.74, 6) is -2.89. The maximum Gasteiger partial charge on any atom is 0.370 e. The zero-order valence-electron chi connectivity index (χ0n) is 12.3. The van der Waals surface area contributed by atoms with Gasteiger partial charge in [0, 0.05) is 6.92 Å². The normalized spacial score (nSPS) is 26.3. The molecule has 1 aliphatic heterocycles. The monoisotopic (exact) mass is 332 g/mol. The number of nitrogens with two attached hydrogens (primary N) is 2. The molecule has 0 fully saturated rings. The Balaban J connectivity index is 3.28. The number of nitrogens with one attached hydrogen (secondary N) is 1. The number of carbonyl (C=O) groups excluding carboxylic acids is 1. The number of guanidine groups is 1. The zero-order chi connectivity index (χ0) is 17.7. The fourth-order valence-electron chi connectivity index (χ4n) is 2.14. The van der Waals surface area contributed by atoms with E-state index in [1.165, 1.54) is 6.92 Å². The number of amides is 1. The van der Waals surface area contributed by atoms with Crippen molar-refractivity contribution in [3.63, 3.8) is 0 Å². The summed E-state index contributed by atoms with van der Waals surface area (Å²) in [4.78, 5) is 26.3. The average Bonchev–Trinajstić information content (AvgIpc) is 2.45. The van der Waals surface area contributed by atoms with E-state index in [0.29, 0.717) is 0 Å². The number of aliphatic hydroxyl groups excluding tert-OH is 3.